The van der Waals surface area contributed by atoms with Gasteiger partial charge in [0.25, 0.3) is 0 Å². The molecule has 0 saturated heterocycles. The van der Waals surface area contributed by atoms with Crippen molar-refractivity contribution in [1.82, 2.24) is 0 Å². The molecule has 0 amide bonds. The van der Waals surface area contributed by atoms with E-state index in [1.165, 1.54) is 62.8 Å². The molecule has 0 spiro atoms. The Morgan fingerprint density at radius 3 is 2.28 bits per heavy atom. The van der Waals surface area contributed by atoms with Gasteiger partial charge in [-0.1, -0.05) is 12.1 Å². The Balaban J connectivity index is 2.16. The van der Waals surface area contributed by atoms with Crippen LogP contribution in [0.15, 0.2) is 42.5 Å². The number of carboxylic acid groups (broad SMARTS) is 1. The number of benzene rings is 2. The number of alkyl halides is 2. The van der Waals surface area contributed by atoms with E-state index < -0.39 is 19.2 Å². The quantitative estimate of drug-likeness (QED) is 0.474. The van der Waals surface area contributed by atoms with Crippen LogP contribution < -0.4 is 18.9 Å². The highest BCUT2D eigenvalue weighted by Gasteiger charge is 2.12. The van der Waals surface area contributed by atoms with Gasteiger partial charge in [0.15, 0.2) is 35.4 Å². The molecule has 2 aromatic carbocycles. The Morgan fingerprint density at radius 1 is 1.00 bits per heavy atom. The third-order valence-corrected chi connectivity index (χ3v) is 3.63. The van der Waals surface area contributed by atoms with E-state index in [0.717, 1.165) is 0 Å². The molecule has 0 aliphatic carbocycles. The number of hydrogen-bond donors (Lipinski definition) is 1. The lowest BCUT2D eigenvalue weighted by Gasteiger charge is -2.10. The molecular formula is C20H18F2O7. The fourth-order valence-corrected chi connectivity index (χ4v) is 2.33. The summed E-state index contributed by atoms with van der Waals surface area (Å²) < 4.78 is 44.3. The first-order valence-corrected chi connectivity index (χ1v) is 8.22. The normalized spacial score (nSPS) is 10.8. The van der Waals surface area contributed by atoms with Gasteiger partial charge in [-0.2, -0.15) is 8.78 Å². The van der Waals surface area contributed by atoms with Crippen molar-refractivity contribution in [1.29, 1.82) is 0 Å². The topological polar surface area (TPSA) is 91.3 Å². The summed E-state index contributed by atoms with van der Waals surface area (Å²) in [4.78, 5) is 23.0. The highest BCUT2D eigenvalue weighted by atomic mass is 19.3. The van der Waals surface area contributed by atoms with Crippen LogP contribution in [0.2, 0.25) is 0 Å². The van der Waals surface area contributed by atoms with Crippen LogP contribution >= 0.6 is 0 Å². The maximum absolute atomic E-state index is 12.4. The Hall–Kier alpha value is -3.62. The Morgan fingerprint density at radius 2 is 1.66 bits per heavy atom. The fourth-order valence-electron chi connectivity index (χ4n) is 2.33. The molecule has 0 saturated carbocycles. The molecular weight excluding hydrogens is 390 g/mol. The van der Waals surface area contributed by atoms with Crippen molar-refractivity contribution in [3.63, 3.8) is 0 Å². The molecule has 0 heterocycles. The number of carboxylic acids is 1. The van der Waals surface area contributed by atoms with E-state index in [1.807, 2.05) is 0 Å². The van der Waals surface area contributed by atoms with E-state index in [2.05, 4.69) is 4.74 Å². The zero-order valence-electron chi connectivity index (χ0n) is 15.6. The molecule has 0 aromatic heterocycles. The molecule has 0 aliphatic heterocycles. The Kier molecular flexibility index (Phi) is 7.53. The SMILES string of the molecule is COc1cc(C(=O)/C=C/c2ccc(OC(F)F)c(OC)c2)ccc1OCC(=O)O. The lowest BCUT2D eigenvalue weighted by molar-refractivity contribution is -0.139. The van der Waals surface area contributed by atoms with Crippen LogP contribution in [-0.2, 0) is 4.79 Å². The van der Waals surface area contributed by atoms with Crippen LogP contribution in [0, 0.1) is 0 Å². The largest absolute Gasteiger partial charge is 0.493 e. The number of halogens is 2. The average Bonchev–Trinajstić information content (AvgIpc) is 2.70. The molecule has 0 unspecified atom stereocenters. The minimum Gasteiger partial charge on any atom is -0.493 e. The Labute approximate surface area is 165 Å². The van der Waals surface area contributed by atoms with Gasteiger partial charge < -0.3 is 24.1 Å². The number of ether oxygens (including phenoxy) is 4. The molecule has 9 heteroatoms. The van der Waals surface area contributed by atoms with Crippen molar-refractivity contribution in [3.05, 3.63) is 53.6 Å². The van der Waals surface area contributed by atoms with Crippen molar-refractivity contribution in [3.8, 4) is 23.0 Å². The second-order valence-corrected chi connectivity index (χ2v) is 5.53. The number of carbonyl (C=O) groups is 2. The summed E-state index contributed by atoms with van der Waals surface area (Å²) >= 11 is 0. The van der Waals surface area contributed by atoms with Gasteiger partial charge >= 0.3 is 12.6 Å². The number of methoxy groups -OCH3 is 2. The third-order valence-electron chi connectivity index (χ3n) is 3.63. The first-order valence-electron chi connectivity index (χ1n) is 8.22. The highest BCUT2D eigenvalue weighted by Crippen LogP contribution is 2.30. The lowest BCUT2D eigenvalue weighted by Crippen LogP contribution is -2.10. The molecule has 0 atom stereocenters. The van der Waals surface area contributed by atoms with Crippen molar-refractivity contribution in [2.45, 2.75) is 6.61 Å². The average molecular weight is 408 g/mol. The summed E-state index contributed by atoms with van der Waals surface area (Å²) in [6.07, 6.45) is 2.77. The summed E-state index contributed by atoms with van der Waals surface area (Å²) in [5.41, 5.74) is 0.815. The predicted octanol–water partition coefficient (Wildman–Crippen LogP) is 3.66. The minimum atomic E-state index is -2.98. The zero-order valence-corrected chi connectivity index (χ0v) is 15.6. The molecule has 29 heavy (non-hydrogen) atoms. The van der Waals surface area contributed by atoms with Crippen LogP contribution in [-0.4, -0.2) is 44.3 Å². The molecule has 0 bridgehead atoms. The van der Waals surface area contributed by atoms with Crippen LogP contribution in [0.4, 0.5) is 8.78 Å². The number of rotatable bonds is 10. The molecule has 0 aliphatic rings. The van der Waals surface area contributed by atoms with Gasteiger partial charge in [0.1, 0.15) is 0 Å². The van der Waals surface area contributed by atoms with Gasteiger partial charge in [-0.05, 0) is 42.0 Å². The summed E-state index contributed by atoms with van der Waals surface area (Å²) in [6.45, 7) is -3.53. The van der Waals surface area contributed by atoms with Crippen LogP contribution in [0.1, 0.15) is 15.9 Å². The zero-order chi connectivity index (χ0) is 21.4. The van der Waals surface area contributed by atoms with E-state index in [0.29, 0.717) is 5.56 Å². The van der Waals surface area contributed by atoms with Gasteiger partial charge in [0.2, 0.25) is 0 Å². The third kappa shape index (κ3) is 6.20. The second kappa shape index (κ2) is 10.1. The smallest absolute Gasteiger partial charge is 0.387 e. The molecule has 2 aromatic rings. The van der Waals surface area contributed by atoms with Crippen LogP contribution in [0.5, 0.6) is 23.0 Å². The lowest BCUT2D eigenvalue weighted by atomic mass is 10.1. The molecule has 0 fully saturated rings. The number of hydrogen-bond acceptors (Lipinski definition) is 6. The molecule has 154 valence electrons. The number of ketones is 1. The molecule has 2 rings (SSSR count). The van der Waals surface area contributed by atoms with Gasteiger partial charge in [0, 0.05) is 5.56 Å². The van der Waals surface area contributed by atoms with Crippen molar-refractivity contribution in [2.24, 2.45) is 0 Å². The maximum Gasteiger partial charge on any atom is 0.387 e. The molecule has 0 radical (unpaired) electrons. The number of aliphatic carboxylic acids is 1. The standard InChI is InChI=1S/C20H18F2O7/c1-26-17-9-12(4-7-16(17)29-20(21)22)3-6-14(23)13-5-8-15(18(10-13)27-2)28-11-19(24)25/h3-10,20H,11H2,1-2H3,(H,24,25)/b6-3+. The van der Waals surface area contributed by atoms with Crippen LogP contribution in [0.25, 0.3) is 6.08 Å². The number of carbonyl (C=O) groups excluding carboxylic acids is 1. The van der Waals surface area contributed by atoms with Crippen LogP contribution in [0.3, 0.4) is 0 Å². The summed E-state index contributed by atoms with van der Waals surface area (Å²) in [7, 11) is 2.68. The monoisotopic (exact) mass is 408 g/mol. The number of allylic oxidation sites excluding steroid dienone is 1. The van der Waals surface area contributed by atoms with Gasteiger partial charge in [-0.15, -0.1) is 0 Å². The van der Waals surface area contributed by atoms with Crippen molar-refractivity contribution in [2.75, 3.05) is 20.8 Å². The van der Waals surface area contributed by atoms with E-state index in [9.17, 15) is 18.4 Å². The first-order chi connectivity index (χ1) is 13.8. The van der Waals surface area contributed by atoms with Gasteiger partial charge in [-0.25, -0.2) is 4.79 Å². The summed E-state index contributed by atoms with van der Waals surface area (Å²) in [5, 5.41) is 8.67. The first kappa shape index (κ1) is 21.7. The highest BCUT2D eigenvalue weighted by molar-refractivity contribution is 6.07. The Bertz CT molecular complexity index is 910. The van der Waals surface area contributed by atoms with Gasteiger partial charge in [0.05, 0.1) is 14.2 Å². The molecule has 1 N–H and O–H groups in total. The summed E-state index contributed by atoms with van der Waals surface area (Å²) in [6, 6.07) is 8.57. The fraction of sp³-hybridized carbons (Fsp3) is 0.200. The van der Waals surface area contributed by atoms with Gasteiger partial charge in [-0.3, -0.25) is 4.79 Å². The van der Waals surface area contributed by atoms with Crippen molar-refractivity contribution < 1.29 is 42.4 Å². The maximum atomic E-state index is 12.4. The van der Waals surface area contributed by atoms with E-state index in [-0.39, 0.29) is 34.3 Å². The molecule has 7 nitrogen and oxygen atoms in total. The summed E-state index contributed by atoms with van der Waals surface area (Å²) in [5.74, 6) is -1.12. The van der Waals surface area contributed by atoms with Crippen molar-refractivity contribution >= 4 is 17.8 Å². The minimum absolute atomic E-state index is 0.0986. The van der Waals surface area contributed by atoms with E-state index >= 15 is 0 Å². The predicted molar refractivity (Wildman–Crippen MR) is 99.1 cm³/mol. The van der Waals surface area contributed by atoms with E-state index in [1.54, 1.807) is 0 Å². The van der Waals surface area contributed by atoms with E-state index in [4.69, 9.17) is 19.3 Å². The second-order valence-electron chi connectivity index (χ2n) is 5.53.